The standard InChI is InChI=1S/C14H20N2/c1-8(2)11(5)14-15-12-6-9(3)10(4)7-13(12)16-14/h6-8,11H,1-5H3,(H,15,16). The van der Waals surface area contributed by atoms with Crippen LogP contribution in [0.5, 0.6) is 0 Å². The number of benzene rings is 1. The van der Waals surface area contributed by atoms with Gasteiger partial charge in [0.25, 0.3) is 0 Å². The Bertz CT molecular complexity index is 470. The molecule has 0 saturated heterocycles. The summed E-state index contributed by atoms with van der Waals surface area (Å²) < 4.78 is 0. The number of hydrogen-bond acceptors (Lipinski definition) is 1. The molecule has 2 rings (SSSR count). The monoisotopic (exact) mass is 216 g/mol. The van der Waals surface area contributed by atoms with Gasteiger partial charge in [-0.15, -0.1) is 0 Å². The zero-order valence-corrected chi connectivity index (χ0v) is 10.8. The van der Waals surface area contributed by atoms with Gasteiger partial charge in [-0.05, 0) is 43.0 Å². The predicted octanol–water partition coefficient (Wildman–Crippen LogP) is 3.94. The highest BCUT2D eigenvalue weighted by Gasteiger charge is 2.14. The first-order valence-electron chi connectivity index (χ1n) is 5.96. The van der Waals surface area contributed by atoms with E-state index in [-0.39, 0.29) is 0 Å². The zero-order valence-electron chi connectivity index (χ0n) is 10.8. The highest BCUT2D eigenvalue weighted by atomic mass is 14.9. The minimum Gasteiger partial charge on any atom is -0.342 e. The van der Waals surface area contributed by atoms with Crippen LogP contribution in [0.2, 0.25) is 0 Å². The Labute approximate surface area is 97.1 Å². The molecule has 0 bridgehead atoms. The van der Waals surface area contributed by atoms with Crippen LogP contribution in [0.1, 0.15) is 43.6 Å². The van der Waals surface area contributed by atoms with Crippen LogP contribution in [0.25, 0.3) is 11.0 Å². The van der Waals surface area contributed by atoms with E-state index in [1.165, 1.54) is 11.1 Å². The van der Waals surface area contributed by atoms with Crippen LogP contribution >= 0.6 is 0 Å². The number of imidazole rings is 1. The Morgan fingerprint density at radius 3 is 2.31 bits per heavy atom. The third-order valence-corrected chi connectivity index (χ3v) is 3.55. The summed E-state index contributed by atoms with van der Waals surface area (Å²) in [5.74, 6) is 2.20. The number of hydrogen-bond donors (Lipinski definition) is 1. The number of H-pyrrole nitrogens is 1. The molecule has 0 fully saturated rings. The van der Waals surface area contributed by atoms with Gasteiger partial charge in [-0.1, -0.05) is 20.8 Å². The fourth-order valence-electron chi connectivity index (χ4n) is 1.82. The molecule has 1 unspecified atom stereocenters. The minimum absolute atomic E-state index is 0.480. The van der Waals surface area contributed by atoms with Crippen molar-refractivity contribution in [2.75, 3.05) is 0 Å². The average Bonchev–Trinajstić information content (AvgIpc) is 2.60. The first kappa shape index (κ1) is 11.2. The number of aryl methyl sites for hydroxylation is 2. The van der Waals surface area contributed by atoms with Crippen molar-refractivity contribution < 1.29 is 0 Å². The number of nitrogens with zero attached hydrogens (tertiary/aromatic N) is 1. The van der Waals surface area contributed by atoms with Gasteiger partial charge >= 0.3 is 0 Å². The third kappa shape index (κ3) is 1.84. The maximum Gasteiger partial charge on any atom is 0.110 e. The molecular weight excluding hydrogens is 196 g/mol. The molecule has 0 saturated carbocycles. The second-order valence-electron chi connectivity index (χ2n) is 5.11. The van der Waals surface area contributed by atoms with Gasteiger partial charge in [-0.25, -0.2) is 4.98 Å². The Morgan fingerprint density at radius 1 is 1.06 bits per heavy atom. The molecule has 16 heavy (non-hydrogen) atoms. The van der Waals surface area contributed by atoms with E-state index in [9.17, 15) is 0 Å². The Kier molecular flexibility index (Phi) is 2.75. The van der Waals surface area contributed by atoms with Crippen LogP contribution in [0.3, 0.4) is 0 Å². The summed E-state index contributed by atoms with van der Waals surface area (Å²) >= 11 is 0. The molecule has 1 aromatic carbocycles. The van der Waals surface area contributed by atoms with E-state index >= 15 is 0 Å². The van der Waals surface area contributed by atoms with Crippen molar-refractivity contribution in [3.63, 3.8) is 0 Å². The van der Waals surface area contributed by atoms with E-state index in [2.05, 4.69) is 56.7 Å². The summed E-state index contributed by atoms with van der Waals surface area (Å²) in [4.78, 5) is 8.11. The van der Waals surface area contributed by atoms with Gasteiger partial charge < -0.3 is 4.98 Å². The van der Waals surface area contributed by atoms with E-state index in [1.807, 2.05) is 0 Å². The van der Waals surface area contributed by atoms with E-state index in [0.717, 1.165) is 16.9 Å². The van der Waals surface area contributed by atoms with Crippen molar-refractivity contribution in [3.8, 4) is 0 Å². The van der Waals surface area contributed by atoms with Gasteiger partial charge in [0.05, 0.1) is 11.0 Å². The van der Waals surface area contributed by atoms with Crippen LogP contribution < -0.4 is 0 Å². The second kappa shape index (κ2) is 3.93. The zero-order chi connectivity index (χ0) is 11.9. The molecule has 1 N–H and O–H groups in total. The minimum atomic E-state index is 0.480. The molecule has 0 spiro atoms. The van der Waals surface area contributed by atoms with Crippen molar-refractivity contribution in [1.29, 1.82) is 0 Å². The van der Waals surface area contributed by atoms with Gasteiger partial charge in [0.15, 0.2) is 0 Å². The normalized spacial score (nSPS) is 13.6. The van der Waals surface area contributed by atoms with Crippen LogP contribution in [-0.4, -0.2) is 9.97 Å². The summed E-state index contributed by atoms with van der Waals surface area (Å²) in [5.41, 5.74) is 4.87. The molecule has 86 valence electrons. The van der Waals surface area contributed by atoms with E-state index in [1.54, 1.807) is 0 Å². The summed E-state index contributed by atoms with van der Waals surface area (Å²) in [5, 5.41) is 0. The van der Waals surface area contributed by atoms with Gasteiger partial charge in [-0.3, -0.25) is 0 Å². The van der Waals surface area contributed by atoms with Crippen LogP contribution in [-0.2, 0) is 0 Å². The molecule has 0 amide bonds. The number of aromatic amines is 1. The smallest absolute Gasteiger partial charge is 0.110 e. The Balaban J connectivity index is 2.52. The molecule has 1 heterocycles. The number of nitrogens with one attached hydrogen (secondary N) is 1. The molecule has 0 radical (unpaired) electrons. The van der Waals surface area contributed by atoms with Crippen molar-refractivity contribution in [3.05, 3.63) is 29.1 Å². The lowest BCUT2D eigenvalue weighted by molar-refractivity contribution is 0.515. The largest absolute Gasteiger partial charge is 0.342 e. The van der Waals surface area contributed by atoms with Gasteiger partial charge in [0.2, 0.25) is 0 Å². The van der Waals surface area contributed by atoms with Crippen molar-refractivity contribution in [2.45, 2.75) is 40.5 Å². The van der Waals surface area contributed by atoms with E-state index < -0.39 is 0 Å². The summed E-state index contributed by atoms with van der Waals surface area (Å²) in [6.07, 6.45) is 0. The second-order valence-corrected chi connectivity index (χ2v) is 5.11. The SMILES string of the molecule is Cc1cc2nc(C(C)C(C)C)[nH]c2cc1C. The van der Waals surface area contributed by atoms with Crippen molar-refractivity contribution in [2.24, 2.45) is 5.92 Å². The molecule has 0 aliphatic carbocycles. The quantitative estimate of drug-likeness (QED) is 0.809. The first-order chi connectivity index (χ1) is 7.49. The average molecular weight is 216 g/mol. The molecule has 1 aromatic heterocycles. The summed E-state index contributed by atoms with van der Waals surface area (Å²) in [6, 6.07) is 4.35. The van der Waals surface area contributed by atoms with Crippen molar-refractivity contribution >= 4 is 11.0 Å². The number of fused-ring (bicyclic) bond motifs is 1. The number of rotatable bonds is 2. The third-order valence-electron chi connectivity index (χ3n) is 3.55. The van der Waals surface area contributed by atoms with Gasteiger partial charge in [-0.2, -0.15) is 0 Å². The molecule has 0 aliphatic heterocycles. The molecule has 1 atom stereocenters. The highest BCUT2D eigenvalue weighted by Crippen LogP contribution is 2.25. The summed E-state index contributed by atoms with van der Waals surface area (Å²) in [6.45, 7) is 11.0. The first-order valence-corrected chi connectivity index (χ1v) is 5.96. The Morgan fingerprint density at radius 2 is 1.69 bits per heavy atom. The fraction of sp³-hybridized carbons (Fsp3) is 0.500. The van der Waals surface area contributed by atoms with Crippen LogP contribution in [0, 0.1) is 19.8 Å². The molecule has 2 nitrogen and oxygen atoms in total. The maximum absolute atomic E-state index is 4.68. The van der Waals surface area contributed by atoms with E-state index in [0.29, 0.717) is 11.8 Å². The van der Waals surface area contributed by atoms with Gasteiger partial charge in [0.1, 0.15) is 5.82 Å². The lowest BCUT2D eigenvalue weighted by Gasteiger charge is -2.11. The molecular formula is C14H20N2. The lowest BCUT2D eigenvalue weighted by atomic mass is 9.98. The fourth-order valence-corrected chi connectivity index (χ4v) is 1.82. The van der Waals surface area contributed by atoms with Crippen molar-refractivity contribution in [1.82, 2.24) is 9.97 Å². The molecule has 2 heteroatoms. The van der Waals surface area contributed by atoms with Gasteiger partial charge in [0, 0.05) is 5.92 Å². The summed E-state index contributed by atoms with van der Waals surface area (Å²) in [7, 11) is 0. The predicted molar refractivity (Wildman–Crippen MR) is 68.8 cm³/mol. The lowest BCUT2D eigenvalue weighted by Crippen LogP contribution is -2.03. The molecule has 0 aliphatic rings. The van der Waals surface area contributed by atoms with E-state index in [4.69, 9.17) is 0 Å². The Hall–Kier alpha value is -1.31. The van der Waals surface area contributed by atoms with Crippen LogP contribution in [0.4, 0.5) is 0 Å². The molecule has 2 aromatic rings. The van der Waals surface area contributed by atoms with Crippen LogP contribution in [0.15, 0.2) is 12.1 Å². The topological polar surface area (TPSA) is 28.7 Å². The highest BCUT2D eigenvalue weighted by molar-refractivity contribution is 5.77. The number of aromatic nitrogens is 2. The maximum atomic E-state index is 4.68.